The van der Waals surface area contributed by atoms with Crippen LogP contribution in [0, 0.1) is 11.3 Å². The van der Waals surface area contributed by atoms with Gasteiger partial charge in [-0.25, -0.2) is 9.97 Å². The lowest BCUT2D eigenvalue weighted by Crippen LogP contribution is -2.14. The molecule has 5 aromatic rings. The van der Waals surface area contributed by atoms with Crippen molar-refractivity contribution in [3.63, 3.8) is 0 Å². The summed E-state index contributed by atoms with van der Waals surface area (Å²) in [4.78, 5) is 37.6. The van der Waals surface area contributed by atoms with Gasteiger partial charge in [0.05, 0.1) is 29.1 Å². The Kier molecular flexibility index (Phi) is 5.89. The molecule has 0 aliphatic carbocycles. The second kappa shape index (κ2) is 9.45. The van der Waals surface area contributed by atoms with Crippen molar-refractivity contribution in [3.05, 3.63) is 102 Å². The van der Waals surface area contributed by atoms with Crippen molar-refractivity contribution in [1.82, 2.24) is 15.0 Å². The van der Waals surface area contributed by atoms with E-state index in [1.165, 1.54) is 0 Å². The van der Waals surface area contributed by atoms with Crippen LogP contribution in [-0.4, -0.2) is 26.6 Å². The van der Waals surface area contributed by atoms with Crippen molar-refractivity contribution in [2.24, 2.45) is 0 Å². The van der Waals surface area contributed by atoms with E-state index in [9.17, 15) is 9.59 Å². The number of benzene rings is 2. The highest BCUT2D eigenvalue weighted by Gasteiger charge is 2.16. The van der Waals surface area contributed by atoms with Gasteiger partial charge in [-0.05, 0) is 48.5 Å². The number of aromatic amines is 1. The van der Waals surface area contributed by atoms with Crippen LogP contribution in [-0.2, 0) is 6.42 Å². The van der Waals surface area contributed by atoms with Gasteiger partial charge in [0, 0.05) is 24.0 Å². The minimum atomic E-state index is -0.451. The fraction of sp³-hybridized carbons (Fsp3) is 0.0741. The lowest BCUT2D eigenvalue weighted by Gasteiger charge is -2.05. The highest BCUT2D eigenvalue weighted by molar-refractivity contribution is 6.07. The Morgan fingerprint density at radius 1 is 1.00 bits per heavy atom. The molecule has 0 spiro atoms. The quantitative estimate of drug-likeness (QED) is 0.323. The average Bonchev–Trinajstić information content (AvgIpc) is 3.56. The third kappa shape index (κ3) is 4.70. The van der Waals surface area contributed by atoms with Crippen molar-refractivity contribution < 1.29 is 14.0 Å². The van der Waals surface area contributed by atoms with Crippen LogP contribution in [0.25, 0.3) is 22.3 Å². The first-order valence-corrected chi connectivity index (χ1v) is 10.9. The first-order chi connectivity index (χ1) is 17.1. The molecule has 8 heteroatoms. The zero-order chi connectivity index (χ0) is 24.2. The minimum absolute atomic E-state index is 0.0645. The summed E-state index contributed by atoms with van der Waals surface area (Å²) in [7, 11) is 0. The van der Waals surface area contributed by atoms with Crippen LogP contribution in [0.2, 0.25) is 0 Å². The Balaban J connectivity index is 1.35. The number of rotatable bonds is 7. The first-order valence-electron chi connectivity index (χ1n) is 10.9. The number of amides is 1. The van der Waals surface area contributed by atoms with E-state index in [1.54, 1.807) is 66.9 Å². The van der Waals surface area contributed by atoms with Crippen molar-refractivity contribution in [2.75, 3.05) is 5.32 Å². The fourth-order valence-corrected chi connectivity index (χ4v) is 3.78. The molecule has 0 saturated carbocycles. The maximum Gasteiger partial charge on any atom is 0.276 e. The molecule has 35 heavy (non-hydrogen) atoms. The zero-order valence-electron chi connectivity index (χ0n) is 18.5. The molecule has 0 fully saturated rings. The number of furan rings is 1. The van der Waals surface area contributed by atoms with E-state index in [-0.39, 0.29) is 23.8 Å². The molecule has 3 aromatic heterocycles. The smallest absolute Gasteiger partial charge is 0.276 e. The summed E-state index contributed by atoms with van der Waals surface area (Å²) in [6.07, 6.45) is 2.36. The summed E-state index contributed by atoms with van der Waals surface area (Å²) in [6.45, 7) is 0. The first kappa shape index (κ1) is 21.8. The summed E-state index contributed by atoms with van der Waals surface area (Å²) in [6, 6.07) is 23.1. The van der Waals surface area contributed by atoms with Gasteiger partial charge < -0.3 is 9.40 Å². The highest BCUT2D eigenvalue weighted by atomic mass is 16.3. The van der Waals surface area contributed by atoms with Crippen LogP contribution in [0.4, 0.5) is 5.95 Å². The normalized spacial score (nSPS) is 10.7. The monoisotopic (exact) mass is 461 g/mol. The van der Waals surface area contributed by atoms with Crippen molar-refractivity contribution in [1.29, 1.82) is 5.26 Å². The molecule has 8 nitrogen and oxygen atoms in total. The van der Waals surface area contributed by atoms with E-state index >= 15 is 0 Å². The number of nitrogens with zero attached hydrogens (tertiary/aromatic N) is 3. The Morgan fingerprint density at radius 2 is 1.86 bits per heavy atom. The Bertz CT molecular complexity index is 1580. The lowest BCUT2D eigenvalue weighted by molar-refractivity contribution is 0.0981. The number of nitrogens with one attached hydrogen (secondary N) is 2. The SMILES string of the molecule is N#Cc1cccc(-c2cccc(C(=O)Nc3nc4c(C(=O)CCc5ccco5)cccc4[nH]3)n2)c1. The maximum atomic E-state index is 12.9. The number of nitriles is 1. The Morgan fingerprint density at radius 3 is 2.69 bits per heavy atom. The van der Waals surface area contributed by atoms with E-state index in [4.69, 9.17) is 9.68 Å². The molecule has 0 unspecified atom stereocenters. The Labute approximate surface area is 200 Å². The van der Waals surface area contributed by atoms with Gasteiger partial charge in [0.15, 0.2) is 5.78 Å². The van der Waals surface area contributed by atoms with Crippen LogP contribution in [0.1, 0.15) is 38.6 Å². The van der Waals surface area contributed by atoms with Gasteiger partial charge >= 0.3 is 0 Å². The number of carbonyl (C=O) groups excluding carboxylic acids is 2. The largest absolute Gasteiger partial charge is 0.469 e. The molecule has 170 valence electrons. The molecule has 0 saturated heterocycles. The molecule has 3 heterocycles. The molecule has 1 amide bonds. The topological polar surface area (TPSA) is 125 Å². The van der Waals surface area contributed by atoms with Gasteiger partial charge in [0.1, 0.15) is 17.0 Å². The third-order valence-corrected chi connectivity index (χ3v) is 5.49. The van der Waals surface area contributed by atoms with Crippen LogP contribution in [0.3, 0.4) is 0 Å². The van der Waals surface area contributed by atoms with E-state index in [1.807, 2.05) is 12.1 Å². The number of ketones is 1. The van der Waals surface area contributed by atoms with Gasteiger partial charge in [0.2, 0.25) is 5.95 Å². The van der Waals surface area contributed by atoms with Gasteiger partial charge in [-0.2, -0.15) is 5.26 Å². The maximum absolute atomic E-state index is 12.9. The minimum Gasteiger partial charge on any atom is -0.469 e. The van der Waals surface area contributed by atoms with Gasteiger partial charge in [-0.3, -0.25) is 14.9 Å². The second-order valence-corrected chi connectivity index (χ2v) is 7.84. The summed E-state index contributed by atoms with van der Waals surface area (Å²) < 4.78 is 5.30. The predicted molar refractivity (Wildman–Crippen MR) is 130 cm³/mol. The Hall–Kier alpha value is -5.03. The summed E-state index contributed by atoms with van der Waals surface area (Å²) >= 11 is 0. The molecule has 0 aliphatic heterocycles. The third-order valence-electron chi connectivity index (χ3n) is 5.49. The standard InChI is InChI=1S/C27H19N5O3/c28-16-17-5-1-6-18(15-17)21-9-3-11-23(29-21)26(34)32-27-30-22-10-2-8-20(25(22)31-27)24(33)13-12-19-7-4-14-35-19/h1-11,14-15H,12-13H2,(H2,30,31,32,34). The predicted octanol–water partition coefficient (Wildman–Crippen LogP) is 5.16. The van der Waals surface area contributed by atoms with Crippen molar-refractivity contribution in [3.8, 4) is 17.3 Å². The zero-order valence-corrected chi connectivity index (χ0v) is 18.5. The second-order valence-electron chi connectivity index (χ2n) is 7.84. The molecule has 5 rings (SSSR count). The van der Waals surface area contributed by atoms with Gasteiger partial charge in [-0.15, -0.1) is 0 Å². The number of aromatic nitrogens is 3. The number of aryl methyl sites for hydroxylation is 1. The molecule has 2 N–H and O–H groups in total. The van der Waals surface area contributed by atoms with Crippen LogP contribution < -0.4 is 5.32 Å². The number of anilines is 1. The summed E-state index contributed by atoms with van der Waals surface area (Å²) in [5.41, 5.74) is 3.62. The number of imidazole rings is 1. The molecular formula is C27H19N5O3. The molecule has 0 bridgehead atoms. The fourth-order valence-electron chi connectivity index (χ4n) is 3.78. The summed E-state index contributed by atoms with van der Waals surface area (Å²) in [5.74, 6) is 0.447. The molecular weight excluding hydrogens is 442 g/mol. The molecule has 0 radical (unpaired) electrons. The molecule has 0 atom stereocenters. The average molecular weight is 461 g/mol. The number of carbonyl (C=O) groups is 2. The number of hydrogen-bond donors (Lipinski definition) is 2. The number of para-hydroxylation sites is 1. The van der Waals surface area contributed by atoms with E-state index in [0.717, 1.165) is 11.3 Å². The number of fused-ring (bicyclic) bond motifs is 1. The van der Waals surface area contributed by atoms with Crippen LogP contribution in [0.5, 0.6) is 0 Å². The molecule has 2 aromatic carbocycles. The van der Waals surface area contributed by atoms with Crippen LogP contribution >= 0.6 is 0 Å². The lowest BCUT2D eigenvalue weighted by atomic mass is 10.0. The number of H-pyrrole nitrogens is 1. The number of hydrogen-bond acceptors (Lipinski definition) is 6. The highest BCUT2D eigenvalue weighted by Crippen LogP contribution is 2.22. The molecule has 0 aliphatic rings. The van der Waals surface area contributed by atoms with Crippen LogP contribution in [0.15, 0.2) is 83.5 Å². The van der Waals surface area contributed by atoms with Crippen molar-refractivity contribution in [2.45, 2.75) is 12.8 Å². The number of pyridine rings is 1. The number of Topliss-reactive ketones (excluding diaryl/α,β-unsaturated/α-hetero) is 1. The van der Waals surface area contributed by atoms with Gasteiger partial charge in [-0.1, -0.05) is 24.3 Å². The van der Waals surface area contributed by atoms with E-state index in [0.29, 0.717) is 34.3 Å². The van der Waals surface area contributed by atoms with E-state index < -0.39 is 5.91 Å². The summed E-state index contributed by atoms with van der Waals surface area (Å²) in [5, 5.41) is 11.9. The van der Waals surface area contributed by atoms with Gasteiger partial charge in [0.25, 0.3) is 5.91 Å². The van der Waals surface area contributed by atoms with E-state index in [2.05, 4.69) is 26.3 Å². The van der Waals surface area contributed by atoms with Crippen molar-refractivity contribution >= 4 is 28.7 Å².